The maximum atomic E-state index is 11.8. The molecule has 0 aliphatic carbocycles. The van der Waals surface area contributed by atoms with Crippen LogP contribution < -0.4 is 4.90 Å². The summed E-state index contributed by atoms with van der Waals surface area (Å²) in [4.78, 5) is 13.5. The van der Waals surface area contributed by atoms with Gasteiger partial charge in [0.25, 0.3) is 5.91 Å². The van der Waals surface area contributed by atoms with Crippen LogP contribution in [0.5, 0.6) is 0 Å². The van der Waals surface area contributed by atoms with E-state index in [1.807, 2.05) is 60.7 Å². The number of rotatable bonds is 2. The van der Waals surface area contributed by atoms with Crippen LogP contribution in [0.25, 0.3) is 0 Å². The van der Waals surface area contributed by atoms with Gasteiger partial charge < -0.3 is 5.11 Å². The van der Waals surface area contributed by atoms with Gasteiger partial charge in [-0.1, -0.05) is 48.5 Å². The third kappa shape index (κ3) is 1.60. The molecule has 0 radical (unpaired) electrons. The number of benzene rings is 2. The third-order valence-corrected chi connectivity index (χ3v) is 3.24. The van der Waals surface area contributed by atoms with Gasteiger partial charge >= 0.3 is 0 Å². The van der Waals surface area contributed by atoms with Crippen molar-refractivity contribution in [1.29, 1.82) is 0 Å². The average Bonchev–Trinajstić information content (AvgIpc) is 2.45. The van der Waals surface area contributed by atoms with Crippen LogP contribution in [0, 0.1) is 0 Å². The molecule has 3 rings (SSSR count). The summed E-state index contributed by atoms with van der Waals surface area (Å²) in [7, 11) is 0. The molecule has 1 amide bonds. The van der Waals surface area contributed by atoms with E-state index in [9.17, 15) is 9.90 Å². The molecule has 0 bridgehead atoms. The summed E-state index contributed by atoms with van der Waals surface area (Å²) >= 11 is 0. The molecule has 1 aliphatic heterocycles. The first-order valence-corrected chi connectivity index (χ1v) is 5.90. The van der Waals surface area contributed by atoms with Gasteiger partial charge in [-0.2, -0.15) is 0 Å². The summed E-state index contributed by atoms with van der Waals surface area (Å²) in [6, 6.07) is 18.7. The highest BCUT2D eigenvalue weighted by Gasteiger charge is 2.47. The summed E-state index contributed by atoms with van der Waals surface area (Å²) in [5.74, 6) is -0.241. The number of para-hydroxylation sites is 1. The number of carbonyl (C=O) groups is 1. The van der Waals surface area contributed by atoms with E-state index in [1.54, 1.807) is 4.90 Å². The van der Waals surface area contributed by atoms with Gasteiger partial charge in [0, 0.05) is 5.69 Å². The van der Waals surface area contributed by atoms with Gasteiger partial charge in [-0.3, -0.25) is 9.69 Å². The second-order valence-corrected chi connectivity index (χ2v) is 4.34. The van der Waals surface area contributed by atoms with E-state index in [0.717, 1.165) is 11.3 Å². The fourth-order valence-electron chi connectivity index (χ4n) is 2.33. The Kier molecular flexibility index (Phi) is 2.61. The summed E-state index contributed by atoms with van der Waals surface area (Å²) in [6.45, 7) is 0. The Hall–Kier alpha value is -2.13. The number of hydrogen-bond donors (Lipinski definition) is 1. The zero-order valence-electron chi connectivity index (χ0n) is 9.73. The van der Waals surface area contributed by atoms with E-state index in [4.69, 9.17) is 0 Å². The van der Waals surface area contributed by atoms with Crippen molar-refractivity contribution in [1.82, 2.24) is 0 Å². The van der Waals surface area contributed by atoms with E-state index in [2.05, 4.69) is 0 Å². The van der Waals surface area contributed by atoms with Gasteiger partial charge in [0.15, 0.2) is 6.10 Å². The van der Waals surface area contributed by atoms with Crippen molar-refractivity contribution >= 4 is 11.6 Å². The number of amides is 1. The molecule has 3 heteroatoms. The zero-order valence-corrected chi connectivity index (χ0v) is 9.73. The molecule has 0 unspecified atom stereocenters. The minimum absolute atomic E-state index is 0.241. The lowest BCUT2D eigenvalue weighted by atomic mass is 9.90. The van der Waals surface area contributed by atoms with Gasteiger partial charge in [0.2, 0.25) is 0 Å². The Morgan fingerprint density at radius 2 is 1.44 bits per heavy atom. The van der Waals surface area contributed by atoms with E-state index < -0.39 is 6.10 Å². The van der Waals surface area contributed by atoms with Crippen molar-refractivity contribution in [3.05, 3.63) is 66.2 Å². The third-order valence-electron chi connectivity index (χ3n) is 3.24. The Balaban J connectivity index is 1.97. The number of nitrogens with zero attached hydrogens (tertiary/aromatic N) is 1. The quantitative estimate of drug-likeness (QED) is 0.816. The lowest BCUT2D eigenvalue weighted by Gasteiger charge is -2.44. The molecular formula is C15H13NO2. The lowest BCUT2D eigenvalue weighted by Crippen LogP contribution is -2.59. The standard InChI is InChI=1S/C15H13NO2/c17-14-13(11-7-3-1-4-8-11)16(15(14)18)12-9-5-2-6-10-12/h1-10,13-14,17H/t13-,14+/m1/s1. The summed E-state index contributed by atoms with van der Waals surface area (Å²) in [5.41, 5.74) is 1.77. The van der Waals surface area contributed by atoms with Crippen LogP contribution in [0.15, 0.2) is 60.7 Å². The van der Waals surface area contributed by atoms with Gasteiger partial charge in [-0.15, -0.1) is 0 Å². The molecule has 3 nitrogen and oxygen atoms in total. The number of anilines is 1. The van der Waals surface area contributed by atoms with Gasteiger partial charge in [0.05, 0.1) is 6.04 Å². The summed E-state index contributed by atoms with van der Waals surface area (Å²) < 4.78 is 0. The molecule has 90 valence electrons. The average molecular weight is 239 g/mol. The van der Waals surface area contributed by atoms with Gasteiger partial charge in [0.1, 0.15) is 0 Å². The molecule has 1 fully saturated rings. The molecule has 18 heavy (non-hydrogen) atoms. The number of aliphatic hydroxyl groups is 1. The first kappa shape index (κ1) is 11.0. The molecule has 0 spiro atoms. The van der Waals surface area contributed by atoms with Crippen molar-refractivity contribution in [2.24, 2.45) is 0 Å². The number of β-lactam (4-membered cyclic amide) rings is 1. The second kappa shape index (κ2) is 4.27. The van der Waals surface area contributed by atoms with Crippen molar-refractivity contribution < 1.29 is 9.90 Å². The van der Waals surface area contributed by atoms with Crippen molar-refractivity contribution in [3.63, 3.8) is 0 Å². The van der Waals surface area contributed by atoms with Crippen molar-refractivity contribution in [2.45, 2.75) is 12.1 Å². The van der Waals surface area contributed by atoms with Gasteiger partial charge in [-0.25, -0.2) is 0 Å². The second-order valence-electron chi connectivity index (χ2n) is 4.34. The Bertz CT molecular complexity index is 553. The van der Waals surface area contributed by atoms with E-state index in [1.165, 1.54) is 0 Å². The highest BCUT2D eigenvalue weighted by atomic mass is 16.3. The molecule has 1 aliphatic rings. The van der Waals surface area contributed by atoms with Crippen LogP contribution in [-0.4, -0.2) is 17.1 Å². The summed E-state index contributed by atoms with van der Waals surface area (Å²) in [6.07, 6.45) is -0.937. The fraction of sp³-hybridized carbons (Fsp3) is 0.133. The van der Waals surface area contributed by atoms with Crippen LogP contribution in [0.2, 0.25) is 0 Å². The largest absolute Gasteiger partial charge is 0.381 e. The van der Waals surface area contributed by atoms with E-state index >= 15 is 0 Å². The molecule has 2 aromatic carbocycles. The first-order valence-electron chi connectivity index (χ1n) is 5.90. The number of hydrogen-bond acceptors (Lipinski definition) is 2. The predicted molar refractivity (Wildman–Crippen MR) is 69.1 cm³/mol. The molecule has 0 saturated carbocycles. The predicted octanol–water partition coefficient (Wildman–Crippen LogP) is 2.14. The van der Waals surface area contributed by atoms with Gasteiger partial charge in [-0.05, 0) is 17.7 Å². The highest BCUT2D eigenvalue weighted by molar-refractivity contribution is 6.04. The van der Waals surface area contributed by atoms with Crippen LogP contribution >= 0.6 is 0 Å². The molecule has 2 aromatic rings. The fourth-order valence-corrected chi connectivity index (χ4v) is 2.33. The molecule has 1 N–H and O–H groups in total. The number of aliphatic hydroxyl groups excluding tert-OH is 1. The zero-order chi connectivity index (χ0) is 12.5. The normalized spacial score (nSPS) is 22.7. The maximum Gasteiger partial charge on any atom is 0.259 e. The van der Waals surface area contributed by atoms with Crippen molar-refractivity contribution in [3.8, 4) is 0 Å². The first-order chi connectivity index (χ1) is 8.79. The van der Waals surface area contributed by atoms with E-state index in [-0.39, 0.29) is 11.9 Å². The molecule has 1 heterocycles. The summed E-state index contributed by atoms with van der Waals surface area (Å²) in [5, 5.41) is 9.87. The number of carbonyl (C=O) groups excluding carboxylic acids is 1. The van der Waals surface area contributed by atoms with Crippen LogP contribution in [0.3, 0.4) is 0 Å². The highest BCUT2D eigenvalue weighted by Crippen LogP contribution is 2.38. The molecule has 2 atom stereocenters. The van der Waals surface area contributed by atoms with Crippen LogP contribution in [0.4, 0.5) is 5.69 Å². The smallest absolute Gasteiger partial charge is 0.259 e. The van der Waals surface area contributed by atoms with Crippen molar-refractivity contribution in [2.75, 3.05) is 4.90 Å². The Morgan fingerprint density at radius 1 is 0.889 bits per heavy atom. The lowest BCUT2D eigenvalue weighted by molar-refractivity contribution is -0.137. The molecule has 0 aromatic heterocycles. The Labute approximate surface area is 105 Å². The van der Waals surface area contributed by atoms with E-state index in [0.29, 0.717) is 0 Å². The Morgan fingerprint density at radius 3 is 2.06 bits per heavy atom. The molecular weight excluding hydrogens is 226 g/mol. The minimum atomic E-state index is -0.937. The van der Waals surface area contributed by atoms with Crippen LogP contribution in [-0.2, 0) is 4.79 Å². The minimum Gasteiger partial charge on any atom is -0.381 e. The molecule has 1 saturated heterocycles. The monoisotopic (exact) mass is 239 g/mol. The van der Waals surface area contributed by atoms with Crippen LogP contribution in [0.1, 0.15) is 11.6 Å². The maximum absolute atomic E-state index is 11.8. The topological polar surface area (TPSA) is 40.5 Å². The SMILES string of the molecule is O=C1[C@@H](O)[C@@H](c2ccccc2)N1c1ccccc1.